The Morgan fingerprint density at radius 3 is 2.54 bits per heavy atom. The van der Waals surface area contributed by atoms with Crippen LogP contribution in [-0.4, -0.2) is 28.1 Å². The van der Waals surface area contributed by atoms with Gasteiger partial charge < -0.3 is 9.47 Å². The van der Waals surface area contributed by atoms with Gasteiger partial charge in [0.2, 0.25) is 0 Å². The Morgan fingerprint density at radius 1 is 1.15 bits per heavy atom. The van der Waals surface area contributed by atoms with Crippen molar-refractivity contribution in [1.82, 2.24) is 0 Å². The molecule has 0 saturated carbocycles. The van der Waals surface area contributed by atoms with E-state index in [-0.39, 0.29) is 11.5 Å². The predicted molar refractivity (Wildman–Crippen MR) is 93.5 cm³/mol. The Bertz CT molecular complexity index is 1050. The van der Waals surface area contributed by atoms with Crippen LogP contribution in [0.25, 0.3) is 21.6 Å². The zero-order chi connectivity index (χ0) is 18.7. The van der Waals surface area contributed by atoms with E-state index in [0.29, 0.717) is 28.0 Å². The van der Waals surface area contributed by atoms with Crippen LogP contribution in [0.2, 0.25) is 0 Å². The third-order valence-electron chi connectivity index (χ3n) is 3.86. The molecule has 0 N–H and O–H groups in total. The third kappa shape index (κ3) is 3.26. The number of ether oxygens (including phenoxy) is 2. The van der Waals surface area contributed by atoms with Crippen molar-refractivity contribution < 1.29 is 22.7 Å². The fraction of sp³-hybridized carbons (Fsp3) is 0.118. The lowest BCUT2D eigenvalue weighted by molar-refractivity contribution is -0.133. The van der Waals surface area contributed by atoms with Gasteiger partial charge in [-0.1, -0.05) is 24.3 Å². The SMILES string of the molecule is COc1ccc(C2=C(c3cccc(S(=O)(=O)N=[N+]=[N-])c3)COC2=O)cc1. The maximum atomic E-state index is 12.2. The number of carbonyl (C=O) groups is 1. The summed E-state index contributed by atoms with van der Waals surface area (Å²) in [7, 11) is -2.58. The summed E-state index contributed by atoms with van der Waals surface area (Å²) in [5, 5.41) is 0. The number of nitrogens with zero attached hydrogens (tertiary/aromatic N) is 3. The molecular weight excluding hydrogens is 358 g/mol. The molecule has 2 aromatic rings. The van der Waals surface area contributed by atoms with E-state index in [2.05, 4.69) is 9.43 Å². The number of carbonyl (C=O) groups excluding carboxylic acids is 1. The van der Waals surface area contributed by atoms with Gasteiger partial charge in [0.1, 0.15) is 12.4 Å². The maximum Gasteiger partial charge on any atom is 0.339 e. The lowest BCUT2D eigenvalue weighted by atomic mass is 9.97. The lowest BCUT2D eigenvalue weighted by Crippen LogP contribution is -1.99. The van der Waals surface area contributed by atoms with E-state index in [1.807, 2.05) is 0 Å². The van der Waals surface area contributed by atoms with Crippen LogP contribution in [-0.2, 0) is 19.6 Å². The van der Waals surface area contributed by atoms with Gasteiger partial charge in [-0.2, -0.15) is 0 Å². The van der Waals surface area contributed by atoms with Crippen LogP contribution in [0.5, 0.6) is 5.75 Å². The molecule has 132 valence electrons. The molecule has 0 fully saturated rings. The molecule has 0 aliphatic carbocycles. The quantitative estimate of drug-likeness (QED) is 0.346. The molecule has 2 aromatic carbocycles. The number of hydrogen-bond acceptors (Lipinski definition) is 5. The van der Waals surface area contributed by atoms with E-state index in [0.717, 1.165) is 0 Å². The van der Waals surface area contributed by atoms with Gasteiger partial charge in [0.05, 0.1) is 17.6 Å². The van der Waals surface area contributed by atoms with Crippen molar-refractivity contribution >= 4 is 27.1 Å². The number of hydrogen-bond donors (Lipinski definition) is 0. The molecule has 9 heteroatoms. The number of rotatable bonds is 5. The van der Waals surface area contributed by atoms with Crippen LogP contribution in [0.15, 0.2) is 57.9 Å². The summed E-state index contributed by atoms with van der Waals surface area (Å²) in [6, 6.07) is 12.7. The highest BCUT2D eigenvalue weighted by Gasteiger charge is 2.28. The smallest absolute Gasteiger partial charge is 0.339 e. The zero-order valence-electron chi connectivity index (χ0n) is 13.6. The van der Waals surface area contributed by atoms with Crippen molar-refractivity contribution in [2.75, 3.05) is 13.7 Å². The second-order valence-electron chi connectivity index (χ2n) is 5.33. The Balaban J connectivity index is 2.12. The summed E-state index contributed by atoms with van der Waals surface area (Å²) in [4.78, 5) is 14.4. The first-order valence-electron chi connectivity index (χ1n) is 7.43. The molecule has 3 rings (SSSR count). The molecule has 0 spiro atoms. The predicted octanol–water partition coefficient (Wildman–Crippen LogP) is 3.16. The Morgan fingerprint density at radius 2 is 1.88 bits per heavy atom. The summed E-state index contributed by atoms with van der Waals surface area (Å²) >= 11 is 0. The summed E-state index contributed by atoms with van der Waals surface area (Å²) in [6.07, 6.45) is 0. The van der Waals surface area contributed by atoms with Crippen LogP contribution < -0.4 is 4.74 Å². The summed E-state index contributed by atoms with van der Waals surface area (Å²) in [5.41, 5.74) is 10.4. The maximum absolute atomic E-state index is 12.2. The number of azide groups is 1. The minimum Gasteiger partial charge on any atom is -0.497 e. The van der Waals surface area contributed by atoms with Gasteiger partial charge in [0.25, 0.3) is 10.0 Å². The third-order valence-corrected chi connectivity index (χ3v) is 4.99. The van der Waals surface area contributed by atoms with Gasteiger partial charge in [0.15, 0.2) is 0 Å². The highest BCUT2D eigenvalue weighted by atomic mass is 32.2. The van der Waals surface area contributed by atoms with Gasteiger partial charge in [-0.3, -0.25) is 0 Å². The molecule has 0 amide bonds. The standard InChI is InChI=1S/C17H13N3O5S/c1-24-13-7-5-11(6-8-13)16-15(10-25-17(16)21)12-3-2-4-14(9-12)26(22,23)20-19-18/h2-9H,10H2,1H3. The second kappa shape index (κ2) is 6.91. The normalized spacial score (nSPS) is 14.0. The van der Waals surface area contributed by atoms with Crippen LogP contribution in [0.1, 0.15) is 11.1 Å². The van der Waals surface area contributed by atoms with E-state index in [1.54, 1.807) is 37.4 Å². The van der Waals surface area contributed by atoms with Crippen molar-refractivity contribution in [2.24, 2.45) is 4.52 Å². The lowest BCUT2D eigenvalue weighted by Gasteiger charge is -2.07. The summed E-state index contributed by atoms with van der Waals surface area (Å²) in [5.74, 6) is 0.151. The molecule has 0 unspecified atom stereocenters. The Kier molecular flexibility index (Phi) is 4.66. The van der Waals surface area contributed by atoms with Crippen LogP contribution in [0, 0.1) is 0 Å². The zero-order valence-corrected chi connectivity index (χ0v) is 14.4. The molecule has 0 saturated heterocycles. The second-order valence-corrected chi connectivity index (χ2v) is 6.92. The molecule has 26 heavy (non-hydrogen) atoms. The van der Waals surface area contributed by atoms with E-state index >= 15 is 0 Å². The topological polar surface area (TPSA) is 118 Å². The number of esters is 1. The van der Waals surface area contributed by atoms with Gasteiger partial charge >= 0.3 is 5.97 Å². The molecule has 0 radical (unpaired) electrons. The highest BCUT2D eigenvalue weighted by Crippen LogP contribution is 2.34. The first-order chi connectivity index (χ1) is 12.5. The first kappa shape index (κ1) is 17.5. The number of cyclic esters (lactones) is 1. The van der Waals surface area contributed by atoms with E-state index in [1.165, 1.54) is 18.2 Å². The summed E-state index contributed by atoms with van der Waals surface area (Å²) in [6.45, 7) is 0.0191. The van der Waals surface area contributed by atoms with Crippen LogP contribution in [0.3, 0.4) is 0 Å². The van der Waals surface area contributed by atoms with Gasteiger partial charge in [-0.15, -0.1) is 0 Å². The Labute approximate surface area is 149 Å². The van der Waals surface area contributed by atoms with Crippen molar-refractivity contribution in [2.45, 2.75) is 4.90 Å². The summed E-state index contributed by atoms with van der Waals surface area (Å²) < 4.78 is 37.0. The van der Waals surface area contributed by atoms with E-state index in [9.17, 15) is 13.2 Å². The minimum atomic E-state index is -4.12. The number of sulfonamides is 1. The minimum absolute atomic E-state index is 0.0191. The van der Waals surface area contributed by atoms with Crippen molar-refractivity contribution in [1.29, 1.82) is 0 Å². The highest BCUT2D eigenvalue weighted by molar-refractivity contribution is 7.90. The van der Waals surface area contributed by atoms with Crippen molar-refractivity contribution in [3.8, 4) is 5.75 Å². The monoisotopic (exact) mass is 371 g/mol. The molecule has 0 aromatic heterocycles. The van der Waals surface area contributed by atoms with E-state index in [4.69, 9.17) is 15.0 Å². The van der Waals surface area contributed by atoms with Gasteiger partial charge in [0, 0.05) is 15.0 Å². The van der Waals surface area contributed by atoms with E-state index < -0.39 is 16.0 Å². The number of benzene rings is 2. The van der Waals surface area contributed by atoms with Gasteiger partial charge in [-0.05, 0) is 40.9 Å². The molecule has 1 aliphatic heterocycles. The fourth-order valence-electron chi connectivity index (χ4n) is 2.62. The van der Waals surface area contributed by atoms with Crippen molar-refractivity contribution in [3.05, 3.63) is 70.1 Å². The largest absolute Gasteiger partial charge is 0.497 e. The van der Waals surface area contributed by atoms with Crippen LogP contribution in [0.4, 0.5) is 0 Å². The fourth-order valence-corrected chi connectivity index (χ4v) is 3.34. The molecule has 0 bridgehead atoms. The Hall–Kier alpha value is -3.29. The molecule has 0 atom stereocenters. The molecule has 8 nitrogen and oxygen atoms in total. The molecule has 1 heterocycles. The van der Waals surface area contributed by atoms with Crippen molar-refractivity contribution in [3.63, 3.8) is 0 Å². The molecule has 1 aliphatic rings. The van der Waals surface area contributed by atoms with Gasteiger partial charge in [-0.25, -0.2) is 13.2 Å². The van der Waals surface area contributed by atoms with Crippen LogP contribution >= 0.6 is 0 Å². The molecular formula is C17H13N3O5S. The average molecular weight is 371 g/mol. The first-order valence-corrected chi connectivity index (χ1v) is 8.87. The number of methoxy groups -OCH3 is 1. The average Bonchev–Trinajstić information content (AvgIpc) is 3.03.